The maximum atomic E-state index is 12.8. The Morgan fingerprint density at radius 3 is 2.50 bits per heavy atom. The molecule has 1 aliphatic heterocycles. The first-order valence-corrected chi connectivity index (χ1v) is 8.44. The first kappa shape index (κ1) is 16.6. The molecule has 1 fully saturated rings. The smallest absolute Gasteiger partial charge is 0.257 e. The van der Waals surface area contributed by atoms with E-state index in [0.717, 1.165) is 31.5 Å². The Labute approximate surface area is 147 Å². The van der Waals surface area contributed by atoms with Crippen molar-refractivity contribution >= 4 is 17.5 Å². The highest BCUT2D eigenvalue weighted by Gasteiger charge is 2.22. The van der Waals surface area contributed by atoms with E-state index in [9.17, 15) is 4.79 Å². The van der Waals surface area contributed by atoms with Gasteiger partial charge in [0, 0.05) is 23.7 Å². The van der Waals surface area contributed by atoms with Crippen LogP contribution >= 0.6 is 11.6 Å². The summed E-state index contributed by atoms with van der Waals surface area (Å²) < 4.78 is 5.89. The van der Waals surface area contributed by atoms with E-state index in [1.54, 1.807) is 0 Å². The number of nitrogens with zero attached hydrogens (tertiary/aromatic N) is 1. The molecule has 0 bridgehead atoms. The SMILES string of the molecule is C=C1CCN(C(=O)c2ccccc2OCc2ccccc2Cl)CC1. The number of ether oxygens (including phenoxy) is 1. The lowest BCUT2D eigenvalue weighted by Gasteiger charge is -2.28. The fraction of sp³-hybridized carbons (Fsp3) is 0.250. The van der Waals surface area contributed by atoms with Crippen molar-refractivity contribution < 1.29 is 9.53 Å². The zero-order chi connectivity index (χ0) is 16.9. The van der Waals surface area contributed by atoms with E-state index in [-0.39, 0.29) is 5.91 Å². The van der Waals surface area contributed by atoms with Gasteiger partial charge in [0.15, 0.2) is 0 Å². The maximum Gasteiger partial charge on any atom is 0.257 e. The van der Waals surface area contributed by atoms with Crippen molar-refractivity contribution in [2.45, 2.75) is 19.4 Å². The lowest BCUT2D eigenvalue weighted by atomic mass is 10.0. The second-order valence-corrected chi connectivity index (χ2v) is 6.33. The van der Waals surface area contributed by atoms with Crippen molar-refractivity contribution in [3.05, 3.63) is 76.8 Å². The molecule has 0 spiro atoms. The Hall–Kier alpha value is -2.26. The van der Waals surface area contributed by atoms with Crippen molar-refractivity contribution in [3.8, 4) is 5.75 Å². The number of carbonyl (C=O) groups excluding carboxylic acids is 1. The quantitative estimate of drug-likeness (QED) is 0.754. The second-order valence-electron chi connectivity index (χ2n) is 5.92. The highest BCUT2D eigenvalue weighted by atomic mass is 35.5. The van der Waals surface area contributed by atoms with Crippen LogP contribution in [0.4, 0.5) is 0 Å². The third kappa shape index (κ3) is 3.80. The molecule has 1 aliphatic rings. The molecule has 3 nitrogen and oxygen atoms in total. The van der Waals surface area contributed by atoms with Crippen molar-refractivity contribution in [2.24, 2.45) is 0 Å². The summed E-state index contributed by atoms with van der Waals surface area (Å²) in [5.74, 6) is 0.601. The number of likely N-dealkylation sites (tertiary alicyclic amines) is 1. The van der Waals surface area contributed by atoms with Gasteiger partial charge in [-0.05, 0) is 31.0 Å². The van der Waals surface area contributed by atoms with E-state index in [0.29, 0.717) is 22.9 Å². The highest BCUT2D eigenvalue weighted by Crippen LogP contribution is 2.25. The number of para-hydroxylation sites is 1. The molecule has 4 heteroatoms. The van der Waals surface area contributed by atoms with Crippen LogP contribution in [0.15, 0.2) is 60.7 Å². The molecular formula is C20H20ClNO2. The standard InChI is InChI=1S/C20H20ClNO2/c1-15-10-12-22(13-11-15)20(23)17-7-3-5-9-19(17)24-14-16-6-2-4-8-18(16)21/h2-9H,1,10-14H2. The fourth-order valence-corrected chi connectivity index (χ4v) is 2.93. The lowest BCUT2D eigenvalue weighted by Crippen LogP contribution is -2.36. The molecule has 0 unspecified atom stereocenters. The van der Waals surface area contributed by atoms with Gasteiger partial charge >= 0.3 is 0 Å². The first-order valence-electron chi connectivity index (χ1n) is 8.06. The van der Waals surface area contributed by atoms with E-state index >= 15 is 0 Å². The highest BCUT2D eigenvalue weighted by molar-refractivity contribution is 6.31. The molecule has 0 N–H and O–H groups in total. The van der Waals surface area contributed by atoms with Crippen LogP contribution < -0.4 is 4.74 Å². The molecule has 0 radical (unpaired) electrons. The van der Waals surface area contributed by atoms with Crippen LogP contribution in [0.3, 0.4) is 0 Å². The van der Waals surface area contributed by atoms with Crippen LogP contribution in [0, 0.1) is 0 Å². The normalized spacial score (nSPS) is 14.5. The van der Waals surface area contributed by atoms with Crippen molar-refractivity contribution in [2.75, 3.05) is 13.1 Å². The van der Waals surface area contributed by atoms with E-state index in [4.69, 9.17) is 16.3 Å². The summed E-state index contributed by atoms with van der Waals surface area (Å²) in [6.45, 7) is 5.77. The molecule has 124 valence electrons. The summed E-state index contributed by atoms with van der Waals surface area (Å²) in [7, 11) is 0. The van der Waals surface area contributed by atoms with Crippen LogP contribution in [0.5, 0.6) is 5.75 Å². The number of rotatable bonds is 4. The topological polar surface area (TPSA) is 29.5 Å². The molecule has 1 amide bonds. The Balaban J connectivity index is 1.74. The molecule has 0 atom stereocenters. The number of carbonyl (C=O) groups is 1. The molecule has 1 heterocycles. The van der Waals surface area contributed by atoms with Gasteiger partial charge in [-0.25, -0.2) is 0 Å². The van der Waals surface area contributed by atoms with Gasteiger partial charge < -0.3 is 9.64 Å². The number of amides is 1. The number of halogens is 1. The third-order valence-corrected chi connectivity index (χ3v) is 4.58. The van der Waals surface area contributed by atoms with E-state index in [1.807, 2.05) is 53.4 Å². The molecule has 0 aliphatic carbocycles. The van der Waals surface area contributed by atoms with Gasteiger partial charge in [-0.3, -0.25) is 4.79 Å². The van der Waals surface area contributed by atoms with E-state index < -0.39 is 0 Å². The largest absolute Gasteiger partial charge is 0.488 e. The minimum Gasteiger partial charge on any atom is -0.488 e. The maximum absolute atomic E-state index is 12.8. The van der Waals surface area contributed by atoms with E-state index in [2.05, 4.69) is 6.58 Å². The van der Waals surface area contributed by atoms with Gasteiger partial charge in [0.1, 0.15) is 12.4 Å². The Morgan fingerprint density at radius 2 is 1.75 bits per heavy atom. The van der Waals surface area contributed by atoms with Gasteiger partial charge in [0.25, 0.3) is 5.91 Å². The number of piperidine rings is 1. The molecule has 2 aromatic carbocycles. The molecule has 1 saturated heterocycles. The lowest BCUT2D eigenvalue weighted by molar-refractivity contribution is 0.0739. The van der Waals surface area contributed by atoms with Crippen molar-refractivity contribution in [1.29, 1.82) is 0 Å². The first-order chi connectivity index (χ1) is 11.6. The number of benzene rings is 2. The Morgan fingerprint density at radius 1 is 1.08 bits per heavy atom. The summed E-state index contributed by atoms with van der Waals surface area (Å²) in [6, 6.07) is 14.9. The average molecular weight is 342 g/mol. The van der Waals surface area contributed by atoms with E-state index in [1.165, 1.54) is 5.57 Å². The molecule has 2 aromatic rings. The zero-order valence-electron chi connectivity index (χ0n) is 13.5. The summed E-state index contributed by atoms with van der Waals surface area (Å²) in [4.78, 5) is 14.7. The van der Waals surface area contributed by atoms with Gasteiger partial charge in [0.2, 0.25) is 0 Å². The van der Waals surface area contributed by atoms with Gasteiger partial charge in [-0.1, -0.05) is 54.1 Å². The molecular weight excluding hydrogens is 322 g/mol. The van der Waals surface area contributed by atoms with Crippen molar-refractivity contribution in [1.82, 2.24) is 4.90 Å². The third-order valence-electron chi connectivity index (χ3n) is 4.22. The summed E-state index contributed by atoms with van der Waals surface area (Å²) in [6.07, 6.45) is 1.74. The van der Waals surface area contributed by atoms with Crippen LogP contribution in [-0.4, -0.2) is 23.9 Å². The van der Waals surface area contributed by atoms with Gasteiger partial charge in [-0.2, -0.15) is 0 Å². The summed E-state index contributed by atoms with van der Waals surface area (Å²) in [5, 5.41) is 0.663. The summed E-state index contributed by atoms with van der Waals surface area (Å²) in [5.41, 5.74) is 2.70. The van der Waals surface area contributed by atoms with Crippen LogP contribution in [0.1, 0.15) is 28.8 Å². The van der Waals surface area contributed by atoms with Crippen LogP contribution in [-0.2, 0) is 6.61 Å². The van der Waals surface area contributed by atoms with Crippen LogP contribution in [0.2, 0.25) is 5.02 Å². The zero-order valence-corrected chi connectivity index (χ0v) is 14.3. The predicted octanol–water partition coefficient (Wildman–Crippen LogP) is 4.71. The minimum atomic E-state index is 0.0114. The molecule has 24 heavy (non-hydrogen) atoms. The number of hydrogen-bond acceptors (Lipinski definition) is 2. The number of hydrogen-bond donors (Lipinski definition) is 0. The second kappa shape index (κ2) is 7.54. The molecule has 3 rings (SSSR count). The fourth-order valence-electron chi connectivity index (χ4n) is 2.74. The summed E-state index contributed by atoms with van der Waals surface area (Å²) >= 11 is 6.16. The monoisotopic (exact) mass is 341 g/mol. The van der Waals surface area contributed by atoms with Gasteiger partial charge in [-0.15, -0.1) is 0 Å². The minimum absolute atomic E-state index is 0.0114. The predicted molar refractivity (Wildman–Crippen MR) is 96.5 cm³/mol. The average Bonchev–Trinajstić information content (AvgIpc) is 2.61. The Kier molecular flexibility index (Phi) is 5.21. The van der Waals surface area contributed by atoms with Crippen molar-refractivity contribution in [3.63, 3.8) is 0 Å². The molecule has 0 saturated carbocycles. The Bertz CT molecular complexity index is 747. The molecule has 0 aromatic heterocycles. The van der Waals surface area contributed by atoms with Crippen LogP contribution in [0.25, 0.3) is 0 Å². The van der Waals surface area contributed by atoms with Gasteiger partial charge in [0.05, 0.1) is 5.56 Å².